The molecule has 0 saturated carbocycles. The normalized spacial score (nSPS) is 10.9. The summed E-state index contributed by atoms with van der Waals surface area (Å²) in [7, 11) is 0. The molecule has 0 radical (unpaired) electrons. The molecule has 0 aliphatic carbocycles. The molecule has 0 N–H and O–H groups in total. The Morgan fingerprint density at radius 2 is 1.62 bits per heavy atom. The molecule has 0 bridgehead atoms. The molecule has 4 nitrogen and oxygen atoms in total. The Morgan fingerprint density at radius 1 is 0.714 bits per heavy atom. The molecule has 4 heteroatoms. The van der Waals surface area contributed by atoms with Crippen LogP contribution in [0, 0.1) is 0 Å². The highest BCUT2D eigenvalue weighted by Crippen LogP contribution is 2.20. The highest BCUT2D eigenvalue weighted by Gasteiger charge is 2.07. The van der Waals surface area contributed by atoms with Crippen molar-refractivity contribution in [3.63, 3.8) is 0 Å². The molecule has 0 unspecified atom stereocenters. The van der Waals surface area contributed by atoms with E-state index in [1.54, 1.807) is 12.4 Å². The SMILES string of the molecule is c1ccc(-c2cccc(-n3ccc4cccnc43)n2)nc1. The molecule has 0 atom stereocenters. The molecule has 0 saturated heterocycles. The Balaban J connectivity index is 1.87. The average Bonchev–Trinajstić information content (AvgIpc) is 3.00. The van der Waals surface area contributed by atoms with E-state index in [1.807, 2.05) is 65.4 Å². The molecular weight excluding hydrogens is 260 g/mol. The van der Waals surface area contributed by atoms with Gasteiger partial charge in [-0.3, -0.25) is 9.55 Å². The van der Waals surface area contributed by atoms with Crippen LogP contribution in [0.15, 0.2) is 73.2 Å². The maximum atomic E-state index is 4.70. The largest absolute Gasteiger partial charge is 0.285 e. The molecule has 0 aliphatic rings. The summed E-state index contributed by atoms with van der Waals surface area (Å²) < 4.78 is 1.99. The van der Waals surface area contributed by atoms with Crippen molar-refractivity contribution in [3.8, 4) is 17.2 Å². The Hall–Kier alpha value is -3.01. The van der Waals surface area contributed by atoms with Gasteiger partial charge in [-0.25, -0.2) is 9.97 Å². The van der Waals surface area contributed by atoms with Gasteiger partial charge < -0.3 is 0 Å². The second-order valence-electron chi connectivity index (χ2n) is 4.70. The lowest BCUT2D eigenvalue weighted by atomic mass is 10.2. The number of nitrogens with zero attached hydrogens (tertiary/aromatic N) is 4. The first-order chi connectivity index (χ1) is 10.4. The zero-order valence-corrected chi connectivity index (χ0v) is 11.2. The van der Waals surface area contributed by atoms with Gasteiger partial charge in [-0.05, 0) is 42.5 Å². The van der Waals surface area contributed by atoms with Crippen molar-refractivity contribution in [1.82, 2.24) is 19.5 Å². The summed E-state index contributed by atoms with van der Waals surface area (Å²) in [5.41, 5.74) is 2.62. The molecule has 4 aromatic heterocycles. The number of hydrogen-bond acceptors (Lipinski definition) is 3. The van der Waals surface area contributed by atoms with Gasteiger partial charge in [0.2, 0.25) is 0 Å². The number of pyridine rings is 3. The lowest BCUT2D eigenvalue weighted by Gasteiger charge is -2.06. The predicted octanol–water partition coefficient (Wildman–Crippen LogP) is 3.48. The van der Waals surface area contributed by atoms with E-state index in [2.05, 4.69) is 9.97 Å². The maximum absolute atomic E-state index is 4.70. The van der Waals surface area contributed by atoms with Crippen molar-refractivity contribution in [3.05, 3.63) is 73.2 Å². The Morgan fingerprint density at radius 3 is 2.52 bits per heavy atom. The van der Waals surface area contributed by atoms with Gasteiger partial charge in [-0.1, -0.05) is 12.1 Å². The van der Waals surface area contributed by atoms with E-state index in [1.165, 1.54) is 0 Å². The van der Waals surface area contributed by atoms with E-state index in [9.17, 15) is 0 Å². The third-order valence-corrected chi connectivity index (χ3v) is 3.36. The standard InChI is InChI=1S/C17H12N4/c1-2-10-18-14(6-1)15-7-3-8-16(20-15)21-12-9-13-5-4-11-19-17(13)21/h1-12H. The zero-order valence-electron chi connectivity index (χ0n) is 11.2. The van der Waals surface area contributed by atoms with Crippen LogP contribution in [0.2, 0.25) is 0 Å². The average molecular weight is 272 g/mol. The summed E-state index contributed by atoms with van der Waals surface area (Å²) in [6.45, 7) is 0. The van der Waals surface area contributed by atoms with E-state index >= 15 is 0 Å². The fourth-order valence-electron chi connectivity index (χ4n) is 2.37. The number of aromatic nitrogens is 4. The van der Waals surface area contributed by atoms with Crippen molar-refractivity contribution >= 4 is 11.0 Å². The fourth-order valence-corrected chi connectivity index (χ4v) is 2.37. The number of rotatable bonds is 2. The Bertz CT molecular complexity index is 897. The van der Waals surface area contributed by atoms with Gasteiger partial charge in [0.05, 0.1) is 11.4 Å². The van der Waals surface area contributed by atoms with Gasteiger partial charge in [0.15, 0.2) is 0 Å². The minimum atomic E-state index is 0.840. The summed E-state index contributed by atoms with van der Waals surface area (Å²) in [6.07, 6.45) is 5.56. The number of hydrogen-bond donors (Lipinski definition) is 0. The van der Waals surface area contributed by atoms with Crippen LogP contribution in [0.4, 0.5) is 0 Å². The summed E-state index contributed by atoms with van der Waals surface area (Å²) >= 11 is 0. The molecule has 100 valence electrons. The van der Waals surface area contributed by atoms with Gasteiger partial charge in [0.1, 0.15) is 11.5 Å². The van der Waals surface area contributed by atoms with E-state index in [0.717, 1.165) is 28.2 Å². The van der Waals surface area contributed by atoms with Gasteiger partial charge in [0, 0.05) is 24.0 Å². The van der Waals surface area contributed by atoms with Gasteiger partial charge in [0.25, 0.3) is 0 Å². The third-order valence-electron chi connectivity index (χ3n) is 3.36. The van der Waals surface area contributed by atoms with E-state index in [4.69, 9.17) is 4.98 Å². The fraction of sp³-hybridized carbons (Fsp3) is 0. The molecule has 4 heterocycles. The highest BCUT2D eigenvalue weighted by molar-refractivity contribution is 5.77. The van der Waals surface area contributed by atoms with Crippen LogP contribution >= 0.6 is 0 Å². The van der Waals surface area contributed by atoms with Gasteiger partial charge >= 0.3 is 0 Å². The summed E-state index contributed by atoms with van der Waals surface area (Å²) in [6, 6.07) is 17.8. The van der Waals surface area contributed by atoms with Gasteiger partial charge in [-0.2, -0.15) is 0 Å². The van der Waals surface area contributed by atoms with E-state index in [0.29, 0.717) is 0 Å². The quantitative estimate of drug-likeness (QED) is 0.561. The molecular formula is C17H12N4. The summed E-state index contributed by atoms with van der Waals surface area (Å²) in [5.74, 6) is 0.840. The molecule has 0 fully saturated rings. The van der Waals surface area contributed by atoms with E-state index in [-0.39, 0.29) is 0 Å². The van der Waals surface area contributed by atoms with Crippen LogP contribution in [0.5, 0.6) is 0 Å². The first-order valence-electron chi connectivity index (χ1n) is 6.73. The Labute approximate surface area is 121 Å². The topological polar surface area (TPSA) is 43.6 Å². The zero-order chi connectivity index (χ0) is 14.1. The van der Waals surface area contributed by atoms with Crippen LogP contribution in [0.25, 0.3) is 28.2 Å². The summed E-state index contributed by atoms with van der Waals surface area (Å²) in [5, 5.41) is 1.10. The second kappa shape index (κ2) is 4.83. The molecule has 0 aliphatic heterocycles. The van der Waals surface area contributed by atoms with Crippen molar-refractivity contribution in [2.45, 2.75) is 0 Å². The van der Waals surface area contributed by atoms with Crippen LogP contribution in [-0.2, 0) is 0 Å². The van der Waals surface area contributed by atoms with Crippen molar-refractivity contribution in [2.24, 2.45) is 0 Å². The van der Waals surface area contributed by atoms with Crippen LogP contribution in [0.3, 0.4) is 0 Å². The number of fused-ring (bicyclic) bond motifs is 1. The minimum Gasteiger partial charge on any atom is -0.285 e. The molecule has 0 amide bonds. The predicted molar refractivity (Wildman–Crippen MR) is 82.1 cm³/mol. The third kappa shape index (κ3) is 2.07. The van der Waals surface area contributed by atoms with Crippen molar-refractivity contribution in [2.75, 3.05) is 0 Å². The van der Waals surface area contributed by atoms with Crippen molar-refractivity contribution in [1.29, 1.82) is 0 Å². The lowest BCUT2D eigenvalue weighted by Crippen LogP contribution is -1.98. The molecule has 21 heavy (non-hydrogen) atoms. The lowest BCUT2D eigenvalue weighted by molar-refractivity contribution is 1.02. The first kappa shape index (κ1) is 11.8. The molecule has 0 spiro atoms. The van der Waals surface area contributed by atoms with Crippen LogP contribution < -0.4 is 0 Å². The first-order valence-corrected chi connectivity index (χ1v) is 6.73. The van der Waals surface area contributed by atoms with Crippen LogP contribution in [-0.4, -0.2) is 19.5 Å². The molecule has 4 rings (SSSR count). The maximum Gasteiger partial charge on any atom is 0.145 e. The highest BCUT2D eigenvalue weighted by atomic mass is 15.1. The monoisotopic (exact) mass is 272 g/mol. The second-order valence-corrected chi connectivity index (χ2v) is 4.70. The minimum absolute atomic E-state index is 0.840. The molecule has 0 aromatic carbocycles. The van der Waals surface area contributed by atoms with Crippen LogP contribution in [0.1, 0.15) is 0 Å². The smallest absolute Gasteiger partial charge is 0.145 e. The van der Waals surface area contributed by atoms with Gasteiger partial charge in [-0.15, -0.1) is 0 Å². The van der Waals surface area contributed by atoms with E-state index < -0.39 is 0 Å². The van der Waals surface area contributed by atoms with Crippen molar-refractivity contribution < 1.29 is 0 Å². The molecule has 4 aromatic rings. The summed E-state index contributed by atoms with van der Waals surface area (Å²) in [4.78, 5) is 13.5. The Kier molecular flexibility index (Phi) is 2.71.